The fourth-order valence-corrected chi connectivity index (χ4v) is 3.48. The van der Waals surface area contributed by atoms with Crippen LogP contribution in [-0.4, -0.2) is 17.3 Å². The SMILES string of the molecule is CCCC1CCC(CO)(Nc2ccccc2Br)CC1. The van der Waals surface area contributed by atoms with Crippen molar-refractivity contribution in [1.29, 1.82) is 0 Å². The molecule has 0 radical (unpaired) electrons. The van der Waals surface area contributed by atoms with Crippen molar-refractivity contribution in [3.05, 3.63) is 28.7 Å². The van der Waals surface area contributed by atoms with E-state index in [1.807, 2.05) is 18.2 Å². The Bertz CT molecular complexity index is 399. The van der Waals surface area contributed by atoms with E-state index in [-0.39, 0.29) is 12.1 Å². The van der Waals surface area contributed by atoms with Gasteiger partial charge in [-0.1, -0.05) is 31.9 Å². The molecule has 2 nitrogen and oxygen atoms in total. The van der Waals surface area contributed by atoms with E-state index in [2.05, 4.69) is 34.2 Å². The number of para-hydroxylation sites is 1. The van der Waals surface area contributed by atoms with Gasteiger partial charge in [0, 0.05) is 10.2 Å². The maximum atomic E-state index is 9.83. The van der Waals surface area contributed by atoms with Crippen LogP contribution in [0.4, 0.5) is 5.69 Å². The Hall–Kier alpha value is -0.540. The summed E-state index contributed by atoms with van der Waals surface area (Å²) in [5.74, 6) is 0.852. The number of anilines is 1. The molecule has 3 heteroatoms. The molecule has 1 aliphatic carbocycles. The van der Waals surface area contributed by atoms with Gasteiger partial charge in [0.2, 0.25) is 0 Å². The molecule has 0 amide bonds. The number of nitrogens with one attached hydrogen (secondary N) is 1. The first-order valence-electron chi connectivity index (χ1n) is 7.33. The van der Waals surface area contributed by atoms with E-state index in [0.29, 0.717) is 0 Å². The molecule has 1 aliphatic rings. The largest absolute Gasteiger partial charge is 0.394 e. The van der Waals surface area contributed by atoms with Crippen molar-refractivity contribution in [3.63, 3.8) is 0 Å². The Balaban J connectivity index is 2.02. The molecule has 1 saturated carbocycles. The molecule has 1 aromatic carbocycles. The molecule has 0 saturated heterocycles. The Labute approximate surface area is 124 Å². The average Bonchev–Trinajstić information content (AvgIpc) is 2.44. The Morgan fingerprint density at radius 1 is 1.32 bits per heavy atom. The second-order valence-electron chi connectivity index (χ2n) is 5.78. The molecule has 0 unspecified atom stereocenters. The van der Waals surface area contributed by atoms with Crippen LogP contribution in [0.5, 0.6) is 0 Å². The highest BCUT2D eigenvalue weighted by molar-refractivity contribution is 9.10. The number of rotatable bonds is 5. The molecule has 0 bridgehead atoms. The number of benzene rings is 1. The van der Waals surface area contributed by atoms with Crippen LogP contribution in [0.15, 0.2) is 28.7 Å². The van der Waals surface area contributed by atoms with E-state index >= 15 is 0 Å². The van der Waals surface area contributed by atoms with Gasteiger partial charge in [-0.2, -0.15) is 0 Å². The molecule has 0 aliphatic heterocycles. The zero-order valence-electron chi connectivity index (χ0n) is 11.7. The Kier molecular flexibility index (Phi) is 5.28. The van der Waals surface area contributed by atoms with Crippen molar-refractivity contribution in [1.82, 2.24) is 0 Å². The summed E-state index contributed by atoms with van der Waals surface area (Å²) in [4.78, 5) is 0. The van der Waals surface area contributed by atoms with E-state index in [9.17, 15) is 5.11 Å². The monoisotopic (exact) mass is 325 g/mol. The summed E-state index contributed by atoms with van der Waals surface area (Å²) in [5.41, 5.74) is 0.958. The number of aliphatic hydroxyl groups is 1. The van der Waals surface area contributed by atoms with Crippen LogP contribution < -0.4 is 5.32 Å². The third kappa shape index (κ3) is 3.73. The first-order valence-corrected chi connectivity index (χ1v) is 8.12. The van der Waals surface area contributed by atoms with Crippen molar-refractivity contribution < 1.29 is 5.11 Å². The van der Waals surface area contributed by atoms with E-state index in [1.165, 1.54) is 25.7 Å². The molecule has 1 fully saturated rings. The second kappa shape index (κ2) is 6.76. The Morgan fingerprint density at radius 2 is 2.00 bits per heavy atom. The molecule has 106 valence electrons. The minimum atomic E-state index is -0.131. The number of hydrogen-bond donors (Lipinski definition) is 2. The second-order valence-corrected chi connectivity index (χ2v) is 6.63. The summed E-state index contributed by atoms with van der Waals surface area (Å²) in [6.07, 6.45) is 7.19. The number of aliphatic hydroxyl groups excluding tert-OH is 1. The van der Waals surface area contributed by atoms with E-state index in [4.69, 9.17) is 0 Å². The molecule has 0 spiro atoms. The minimum Gasteiger partial charge on any atom is -0.394 e. The first-order chi connectivity index (χ1) is 9.19. The zero-order chi connectivity index (χ0) is 13.7. The highest BCUT2D eigenvalue weighted by atomic mass is 79.9. The van der Waals surface area contributed by atoms with Gasteiger partial charge in [0.15, 0.2) is 0 Å². The average molecular weight is 326 g/mol. The zero-order valence-corrected chi connectivity index (χ0v) is 13.2. The first kappa shape index (κ1) is 14.9. The van der Waals surface area contributed by atoms with Gasteiger partial charge < -0.3 is 10.4 Å². The third-order valence-corrected chi connectivity index (χ3v) is 5.03. The summed E-state index contributed by atoms with van der Waals surface area (Å²) >= 11 is 3.57. The molecular formula is C16H24BrNO. The molecule has 0 atom stereocenters. The van der Waals surface area contributed by atoms with Crippen molar-refractivity contribution in [3.8, 4) is 0 Å². The summed E-state index contributed by atoms with van der Waals surface area (Å²) in [7, 11) is 0. The maximum Gasteiger partial charge on any atom is 0.0661 e. The van der Waals surface area contributed by atoms with Crippen LogP contribution in [-0.2, 0) is 0 Å². The lowest BCUT2D eigenvalue weighted by atomic mass is 9.75. The van der Waals surface area contributed by atoms with Crippen molar-refractivity contribution in [2.24, 2.45) is 5.92 Å². The quantitative estimate of drug-likeness (QED) is 0.830. The van der Waals surface area contributed by atoms with Crippen molar-refractivity contribution >= 4 is 21.6 Å². The van der Waals surface area contributed by atoms with Gasteiger partial charge in [-0.3, -0.25) is 0 Å². The van der Waals surface area contributed by atoms with Gasteiger partial charge in [0.05, 0.1) is 12.1 Å². The predicted molar refractivity (Wildman–Crippen MR) is 84.4 cm³/mol. The fourth-order valence-electron chi connectivity index (χ4n) is 3.10. The van der Waals surface area contributed by atoms with Crippen LogP contribution in [0, 0.1) is 5.92 Å². The maximum absolute atomic E-state index is 9.83. The highest BCUT2D eigenvalue weighted by Gasteiger charge is 2.34. The van der Waals surface area contributed by atoms with E-state index in [1.54, 1.807) is 0 Å². The Morgan fingerprint density at radius 3 is 2.58 bits per heavy atom. The lowest BCUT2D eigenvalue weighted by Crippen LogP contribution is -2.45. The molecule has 1 aromatic rings. The van der Waals surface area contributed by atoms with Crippen molar-refractivity contribution in [2.45, 2.75) is 51.0 Å². The summed E-state index contributed by atoms with van der Waals surface area (Å²) < 4.78 is 1.07. The molecule has 0 heterocycles. The number of halogens is 1. The van der Waals surface area contributed by atoms with Gasteiger partial charge >= 0.3 is 0 Å². The van der Waals surface area contributed by atoms with Crippen LogP contribution in [0.25, 0.3) is 0 Å². The predicted octanol–water partition coefficient (Wildman–Crippen LogP) is 4.58. The summed E-state index contributed by atoms with van der Waals surface area (Å²) in [6.45, 7) is 2.47. The lowest BCUT2D eigenvalue weighted by molar-refractivity contribution is 0.148. The molecular weight excluding hydrogens is 302 g/mol. The third-order valence-electron chi connectivity index (χ3n) is 4.34. The van der Waals surface area contributed by atoms with Gasteiger partial charge in [0.25, 0.3) is 0 Å². The van der Waals surface area contributed by atoms with Crippen LogP contribution in [0.1, 0.15) is 45.4 Å². The van der Waals surface area contributed by atoms with Crippen molar-refractivity contribution in [2.75, 3.05) is 11.9 Å². The topological polar surface area (TPSA) is 32.3 Å². The minimum absolute atomic E-state index is 0.131. The molecule has 2 rings (SSSR count). The molecule has 0 aromatic heterocycles. The summed E-state index contributed by atoms with van der Waals surface area (Å²) in [6, 6.07) is 8.15. The molecule has 2 N–H and O–H groups in total. The normalized spacial score (nSPS) is 27.2. The van der Waals surface area contributed by atoms with Crippen LogP contribution >= 0.6 is 15.9 Å². The highest BCUT2D eigenvalue weighted by Crippen LogP contribution is 2.37. The lowest BCUT2D eigenvalue weighted by Gasteiger charge is -2.40. The van der Waals surface area contributed by atoms with Gasteiger partial charge in [-0.25, -0.2) is 0 Å². The van der Waals surface area contributed by atoms with Gasteiger partial charge in [0.1, 0.15) is 0 Å². The standard InChI is InChI=1S/C16H24BrNO/c1-2-5-13-8-10-16(12-19,11-9-13)18-15-7-4-3-6-14(15)17/h3-4,6-7,13,18-19H,2,5,8-12H2,1H3. The summed E-state index contributed by atoms with van der Waals surface area (Å²) in [5, 5.41) is 13.4. The smallest absolute Gasteiger partial charge is 0.0661 e. The van der Waals surface area contributed by atoms with E-state index in [0.717, 1.165) is 28.9 Å². The fraction of sp³-hybridized carbons (Fsp3) is 0.625. The van der Waals surface area contributed by atoms with Crippen LogP contribution in [0.2, 0.25) is 0 Å². The van der Waals surface area contributed by atoms with E-state index < -0.39 is 0 Å². The number of hydrogen-bond acceptors (Lipinski definition) is 2. The molecule has 19 heavy (non-hydrogen) atoms. The van der Waals surface area contributed by atoms with Gasteiger partial charge in [-0.15, -0.1) is 0 Å². The van der Waals surface area contributed by atoms with Gasteiger partial charge in [-0.05, 0) is 59.7 Å². The van der Waals surface area contributed by atoms with Crippen LogP contribution in [0.3, 0.4) is 0 Å².